The van der Waals surface area contributed by atoms with Gasteiger partial charge in [-0.25, -0.2) is 0 Å². The third-order valence-electron chi connectivity index (χ3n) is 3.09. The molecule has 0 aliphatic carbocycles. The van der Waals surface area contributed by atoms with E-state index in [1.807, 2.05) is 0 Å². The SMILES string of the molecule is CCC(=O)COC1=C(COC(C)=O)CS[C@@H]2CC(=O)N12. The molecule has 0 aromatic heterocycles. The van der Waals surface area contributed by atoms with E-state index < -0.39 is 0 Å². The van der Waals surface area contributed by atoms with Crippen molar-refractivity contribution in [2.24, 2.45) is 0 Å². The molecule has 110 valence electrons. The number of Topliss-reactive ketones (excluding diaryl/α,β-unsaturated/α-hetero) is 1. The lowest BCUT2D eigenvalue weighted by Gasteiger charge is -2.44. The Morgan fingerprint density at radius 1 is 1.45 bits per heavy atom. The van der Waals surface area contributed by atoms with Gasteiger partial charge >= 0.3 is 5.97 Å². The highest BCUT2D eigenvalue weighted by atomic mass is 32.2. The molecule has 0 aromatic carbocycles. The maximum Gasteiger partial charge on any atom is 0.302 e. The maximum atomic E-state index is 11.7. The van der Waals surface area contributed by atoms with Crippen molar-refractivity contribution in [3.05, 3.63) is 11.5 Å². The van der Waals surface area contributed by atoms with E-state index in [9.17, 15) is 14.4 Å². The first-order valence-electron chi connectivity index (χ1n) is 6.46. The molecule has 0 bridgehead atoms. The van der Waals surface area contributed by atoms with Crippen LogP contribution in [0.2, 0.25) is 0 Å². The number of carbonyl (C=O) groups excluding carboxylic acids is 3. The standard InChI is InChI=1S/C13H17NO5S/c1-3-10(16)6-19-13-9(5-18-8(2)15)7-20-12-4-11(17)14(12)13/h12H,3-7H2,1-2H3/t12-/m1/s1. The molecule has 1 saturated heterocycles. The summed E-state index contributed by atoms with van der Waals surface area (Å²) in [7, 11) is 0. The highest BCUT2D eigenvalue weighted by Gasteiger charge is 2.44. The monoisotopic (exact) mass is 299 g/mol. The predicted molar refractivity (Wildman–Crippen MR) is 72.6 cm³/mol. The molecule has 2 aliphatic heterocycles. The first-order chi connectivity index (χ1) is 9.52. The Hall–Kier alpha value is -1.50. The maximum absolute atomic E-state index is 11.7. The van der Waals surface area contributed by atoms with Gasteiger partial charge in [-0.1, -0.05) is 6.92 Å². The molecule has 0 aromatic rings. The molecule has 1 atom stereocenters. The quantitative estimate of drug-likeness (QED) is 0.539. The molecule has 0 saturated carbocycles. The number of nitrogens with zero attached hydrogens (tertiary/aromatic N) is 1. The molecule has 7 heteroatoms. The molecule has 0 N–H and O–H groups in total. The number of hydrogen-bond donors (Lipinski definition) is 0. The minimum Gasteiger partial charge on any atom is -0.471 e. The van der Waals surface area contributed by atoms with E-state index >= 15 is 0 Å². The van der Waals surface area contributed by atoms with Crippen LogP contribution in [0.25, 0.3) is 0 Å². The summed E-state index contributed by atoms with van der Waals surface area (Å²) in [5.41, 5.74) is 0.735. The fourth-order valence-corrected chi connectivity index (χ4v) is 3.13. The first-order valence-corrected chi connectivity index (χ1v) is 7.51. The van der Waals surface area contributed by atoms with Gasteiger partial charge in [-0.3, -0.25) is 19.3 Å². The van der Waals surface area contributed by atoms with Crippen molar-refractivity contribution in [1.29, 1.82) is 0 Å². The van der Waals surface area contributed by atoms with Crippen molar-refractivity contribution in [3.8, 4) is 0 Å². The largest absolute Gasteiger partial charge is 0.471 e. The Bertz CT molecular complexity index is 473. The van der Waals surface area contributed by atoms with E-state index in [-0.39, 0.29) is 36.2 Å². The Morgan fingerprint density at radius 2 is 2.20 bits per heavy atom. The van der Waals surface area contributed by atoms with E-state index in [0.29, 0.717) is 24.5 Å². The van der Waals surface area contributed by atoms with Crippen LogP contribution in [0.3, 0.4) is 0 Å². The van der Waals surface area contributed by atoms with Gasteiger partial charge in [0.1, 0.15) is 13.2 Å². The Morgan fingerprint density at radius 3 is 2.80 bits per heavy atom. The molecule has 2 aliphatic rings. The van der Waals surface area contributed by atoms with Gasteiger partial charge in [-0.05, 0) is 0 Å². The number of ketones is 1. The Labute approximate surface area is 121 Å². The van der Waals surface area contributed by atoms with Crippen molar-refractivity contribution in [2.75, 3.05) is 19.0 Å². The van der Waals surface area contributed by atoms with E-state index in [4.69, 9.17) is 9.47 Å². The number of amides is 1. The third kappa shape index (κ3) is 3.15. The van der Waals surface area contributed by atoms with Gasteiger partial charge in [0.05, 0.1) is 11.8 Å². The van der Waals surface area contributed by atoms with Crippen molar-refractivity contribution >= 4 is 29.4 Å². The van der Waals surface area contributed by atoms with E-state index in [1.165, 1.54) is 6.92 Å². The van der Waals surface area contributed by atoms with Crippen LogP contribution < -0.4 is 0 Å². The van der Waals surface area contributed by atoms with Gasteiger partial charge < -0.3 is 9.47 Å². The smallest absolute Gasteiger partial charge is 0.302 e. The van der Waals surface area contributed by atoms with Crippen LogP contribution in [0.15, 0.2) is 11.5 Å². The molecule has 0 unspecified atom stereocenters. The minimum absolute atomic E-state index is 0.0264. The van der Waals surface area contributed by atoms with Crippen molar-refractivity contribution in [1.82, 2.24) is 4.90 Å². The number of fused-ring (bicyclic) bond motifs is 1. The Kier molecular flexibility index (Phi) is 4.69. The average molecular weight is 299 g/mol. The molecule has 2 heterocycles. The molecular weight excluding hydrogens is 282 g/mol. The number of ether oxygens (including phenoxy) is 2. The summed E-state index contributed by atoms with van der Waals surface area (Å²) in [4.78, 5) is 35.5. The number of β-lactam (4-membered cyclic amide) rings is 1. The van der Waals surface area contributed by atoms with E-state index in [1.54, 1.807) is 23.6 Å². The Balaban J connectivity index is 2.11. The first kappa shape index (κ1) is 14.9. The normalized spacial score (nSPS) is 21.2. The highest BCUT2D eigenvalue weighted by molar-refractivity contribution is 8.00. The van der Waals surface area contributed by atoms with Gasteiger partial charge in [0, 0.05) is 24.7 Å². The summed E-state index contributed by atoms with van der Waals surface area (Å²) in [5, 5.41) is 0.0790. The van der Waals surface area contributed by atoms with Crippen molar-refractivity contribution in [3.63, 3.8) is 0 Å². The summed E-state index contributed by atoms with van der Waals surface area (Å²) in [6, 6.07) is 0. The topological polar surface area (TPSA) is 72.9 Å². The van der Waals surface area contributed by atoms with Crippen LogP contribution >= 0.6 is 11.8 Å². The zero-order chi connectivity index (χ0) is 14.7. The second-order valence-corrected chi connectivity index (χ2v) is 5.77. The number of rotatable bonds is 6. The molecular formula is C13H17NO5S. The second-order valence-electron chi connectivity index (χ2n) is 4.60. The van der Waals surface area contributed by atoms with Gasteiger partial charge in [0.25, 0.3) is 0 Å². The minimum atomic E-state index is -0.386. The number of hydrogen-bond acceptors (Lipinski definition) is 6. The van der Waals surface area contributed by atoms with Gasteiger partial charge in [0.15, 0.2) is 5.78 Å². The molecule has 1 amide bonds. The van der Waals surface area contributed by atoms with Crippen LogP contribution in [-0.4, -0.2) is 46.9 Å². The van der Waals surface area contributed by atoms with E-state index in [2.05, 4.69) is 0 Å². The summed E-state index contributed by atoms with van der Waals surface area (Å²) in [5.74, 6) is 0.585. The third-order valence-corrected chi connectivity index (χ3v) is 4.37. The highest BCUT2D eigenvalue weighted by Crippen LogP contribution is 2.40. The number of carbonyl (C=O) groups is 3. The molecule has 2 rings (SSSR count). The predicted octanol–water partition coefficient (Wildman–Crippen LogP) is 1.06. The summed E-state index contributed by atoms with van der Waals surface area (Å²) in [6.45, 7) is 3.12. The molecule has 1 fully saturated rings. The van der Waals surface area contributed by atoms with Crippen molar-refractivity contribution < 1.29 is 23.9 Å². The molecule has 0 radical (unpaired) electrons. The molecule has 20 heavy (non-hydrogen) atoms. The lowest BCUT2D eigenvalue weighted by atomic mass is 10.1. The average Bonchev–Trinajstić information content (AvgIpc) is 2.41. The zero-order valence-corrected chi connectivity index (χ0v) is 12.3. The van der Waals surface area contributed by atoms with Gasteiger partial charge in [0.2, 0.25) is 11.8 Å². The van der Waals surface area contributed by atoms with Crippen LogP contribution in [-0.2, 0) is 23.9 Å². The van der Waals surface area contributed by atoms with Gasteiger partial charge in [-0.15, -0.1) is 11.8 Å². The number of thioether (sulfide) groups is 1. The van der Waals surface area contributed by atoms with Crippen LogP contribution in [0, 0.1) is 0 Å². The molecule has 0 spiro atoms. The van der Waals surface area contributed by atoms with Crippen LogP contribution in [0.4, 0.5) is 0 Å². The summed E-state index contributed by atoms with van der Waals surface area (Å²) >= 11 is 1.61. The second kappa shape index (κ2) is 6.30. The fourth-order valence-electron chi connectivity index (χ4n) is 1.91. The number of esters is 1. The summed E-state index contributed by atoms with van der Waals surface area (Å²) < 4.78 is 10.5. The molecule has 6 nitrogen and oxygen atoms in total. The van der Waals surface area contributed by atoms with Gasteiger partial charge in [-0.2, -0.15) is 0 Å². The van der Waals surface area contributed by atoms with Crippen LogP contribution in [0.1, 0.15) is 26.7 Å². The zero-order valence-electron chi connectivity index (χ0n) is 11.5. The van der Waals surface area contributed by atoms with E-state index in [0.717, 1.165) is 5.57 Å². The fraction of sp³-hybridized carbons (Fsp3) is 0.615. The van der Waals surface area contributed by atoms with Crippen molar-refractivity contribution in [2.45, 2.75) is 32.1 Å². The lowest BCUT2D eigenvalue weighted by Crippen LogP contribution is -2.53. The van der Waals surface area contributed by atoms with Crippen LogP contribution in [0.5, 0.6) is 0 Å². The summed E-state index contributed by atoms with van der Waals surface area (Å²) in [6.07, 6.45) is 0.874. The lowest BCUT2D eigenvalue weighted by molar-refractivity contribution is -0.144.